The minimum atomic E-state index is -1.55. The standard InChI is InChI=1S/C25H20N2O8/c1-2-16-22(34-24(28)29)23(35-25(30)31)17-10-14-13-5-3-4-6-15(13)26-20(14)21(27(16)17)12-7-8-18-19(9-12)33-11-32-18/h3-9,21,26H,2,10-11H2,1H3,(H,28,29)(H,30,31). The fraction of sp³-hybridized carbons (Fsp3) is 0.200. The quantitative estimate of drug-likeness (QED) is 0.312. The Morgan fingerprint density at radius 2 is 1.80 bits per heavy atom. The van der Waals surface area contributed by atoms with Gasteiger partial charge in [-0.05, 0) is 35.7 Å². The van der Waals surface area contributed by atoms with E-state index in [9.17, 15) is 19.8 Å². The van der Waals surface area contributed by atoms with E-state index in [4.69, 9.17) is 18.9 Å². The van der Waals surface area contributed by atoms with Crippen LogP contribution in [0.2, 0.25) is 0 Å². The number of nitrogens with one attached hydrogen (secondary N) is 1. The van der Waals surface area contributed by atoms with Crippen molar-refractivity contribution in [1.29, 1.82) is 0 Å². The Morgan fingerprint density at radius 1 is 1.06 bits per heavy atom. The molecule has 4 aromatic rings. The second-order valence-electron chi connectivity index (χ2n) is 8.27. The van der Waals surface area contributed by atoms with E-state index in [2.05, 4.69) is 4.98 Å². The molecule has 10 heteroatoms. The van der Waals surface area contributed by atoms with Crippen LogP contribution in [-0.2, 0) is 12.8 Å². The molecule has 10 nitrogen and oxygen atoms in total. The number of hydrogen-bond donors (Lipinski definition) is 3. The van der Waals surface area contributed by atoms with E-state index in [1.165, 1.54) is 0 Å². The average Bonchev–Trinajstić information content (AvgIpc) is 3.51. The van der Waals surface area contributed by atoms with Gasteiger partial charge >= 0.3 is 12.3 Å². The van der Waals surface area contributed by atoms with Gasteiger partial charge in [-0.3, -0.25) is 0 Å². The normalized spacial score (nSPS) is 15.5. The Bertz CT molecular complexity index is 1520. The maximum absolute atomic E-state index is 11.6. The summed E-state index contributed by atoms with van der Waals surface area (Å²) in [6.07, 6.45) is -2.42. The molecule has 35 heavy (non-hydrogen) atoms. The molecule has 0 bridgehead atoms. The number of rotatable bonds is 4. The molecule has 1 atom stereocenters. The number of para-hydroxylation sites is 1. The SMILES string of the molecule is CCc1c(OC(=O)O)c(OC(=O)O)c2n1C(c1ccc3c(c1)OCO3)c1[nH]c3ccccc3c1C2. The van der Waals surface area contributed by atoms with Gasteiger partial charge in [0, 0.05) is 23.0 Å². The van der Waals surface area contributed by atoms with Gasteiger partial charge < -0.3 is 38.7 Å². The summed E-state index contributed by atoms with van der Waals surface area (Å²) in [5.74, 6) is 1.01. The topological polar surface area (TPSA) is 132 Å². The number of hydrogen-bond acceptors (Lipinski definition) is 6. The van der Waals surface area contributed by atoms with Crippen molar-refractivity contribution >= 4 is 23.2 Å². The van der Waals surface area contributed by atoms with Crippen LogP contribution in [0.3, 0.4) is 0 Å². The summed E-state index contributed by atoms with van der Waals surface area (Å²) in [4.78, 5) is 26.7. The van der Waals surface area contributed by atoms with Crippen molar-refractivity contribution in [2.24, 2.45) is 0 Å². The molecule has 4 heterocycles. The minimum absolute atomic E-state index is 0.113. The number of H-pyrrole nitrogens is 1. The average molecular weight is 476 g/mol. The van der Waals surface area contributed by atoms with Gasteiger partial charge in [-0.1, -0.05) is 31.2 Å². The van der Waals surface area contributed by atoms with Crippen molar-refractivity contribution in [1.82, 2.24) is 9.55 Å². The second-order valence-corrected chi connectivity index (χ2v) is 8.27. The highest BCUT2D eigenvalue weighted by Crippen LogP contribution is 2.50. The molecule has 0 fully saturated rings. The first-order chi connectivity index (χ1) is 17.0. The number of aromatic nitrogens is 2. The number of carbonyl (C=O) groups is 2. The molecule has 6 rings (SSSR count). The van der Waals surface area contributed by atoms with Crippen LogP contribution >= 0.6 is 0 Å². The lowest BCUT2D eigenvalue weighted by atomic mass is 9.92. The maximum Gasteiger partial charge on any atom is 0.511 e. The molecule has 0 saturated carbocycles. The highest BCUT2D eigenvalue weighted by atomic mass is 16.7. The summed E-state index contributed by atoms with van der Waals surface area (Å²) in [5, 5.41) is 19.8. The number of carboxylic acid groups (broad SMARTS) is 2. The molecule has 0 saturated heterocycles. The lowest BCUT2D eigenvalue weighted by molar-refractivity contribution is 0.132. The van der Waals surface area contributed by atoms with Gasteiger partial charge in [0.2, 0.25) is 6.79 Å². The first kappa shape index (κ1) is 21.0. The molecular formula is C25H20N2O8. The Labute approximate surface area is 198 Å². The smallest absolute Gasteiger partial charge is 0.454 e. The Morgan fingerprint density at radius 3 is 2.57 bits per heavy atom. The highest BCUT2D eigenvalue weighted by Gasteiger charge is 2.38. The van der Waals surface area contributed by atoms with Crippen LogP contribution in [0, 0.1) is 0 Å². The zero-order chi connectivity index (χ0) is 24.3. The molecule has 1 unspecified atom stereocenters. The maximum atomic E-state index is 11.6. The van der Waals surface area contributed by atoms with Crippen molar-refractivity contribution < 1.29 is 38.7 Å². The fourth-order valence-corrected chi connectivity index (χ4v) is 5.18. The van der Waals surface area contributed by atoms with E-state index in [0.717, 1.165) is 27.7 Å². The third-order valence-electron chi connectivity index (χ3n) is 6.46. The Kier molecular flexibility index (Phi) is 4.63. The molecule has 0 radical (unpaired) electrons. The van der Waals surface area contributed by atoms with Gasteiger partial charge in [-0.15, -0.1) is 0 Å². The van der Waals surface area contributed by atoms with Crippen LogP contribution < -0.4 is 18.9 Å². The van der Waals surface area contributed by atoms with Gasteiger partial charge in [0.1, 0.15) is 0 Å². The highest BCUT2D eigenvalue weighted by molar-refractivity contribution is 5.86. The molecule has 0 amide bonds. The summed E-state index contributed by atoms with van der Waals surface area (Å²) in [7, 11) is 0. The lowest BCUT2D eigenvalue weighted by Gasteiger charge is -2.29. The van der Waals surface area contributed by atoms with Crippen LogP contribution in [0.4, 0.5) is 9.59 Å². The predicted molar refractivity (Wildman–Crippen MR) is 122 cm³/mol. The molecule has 0 aliphatic carbocycles. The Balaban J connectivity index is 1.66. The summed E-state index contributed by atoms with van der Waals surface area (Å²) in [6.45, 7) is 1.97. The number of fused-ring (bicyclic) bond motifs is 5. The van der Waals surface area contributed by atoms with Gasteiger partial charge in [0.25, 0.3) is 0 Å². The molecule has 3 N–H and O–H groups in total. The first-order valence-corrected chi connectivity index (χ1v) is 11.0. The van der Waals surface area contributed by atoms with Gasteiger partial charge in [0.05, 0.1) is 17.4 Å². The van der Waals surface area contributed by atoms with E-state index >= 15 is 0 Å². The third kappa shape index (κ3) is 3.17. The van der Waals surface area contributed by atoms with E-state index in [1.807, 2.05) is 54.0 Å². The molecular weight excluding hydrogens is 456 g/mol. The zero-order valence-electron chi connectivity index (χ0n) is 18.5. The largest absolute Gasteiger partial charge is 0.511 e. The Hall–Kier alpha value is -4.60. The summed E-state index contributed by atoms with van der Waals surface area (Å²) >= 11 is 0. The van der Waals surface area contributed by atoms with Crippen molar-refractivity contribution in [3.8, 4) is 23.0 Å². The van der Waals surface area contributed by atoms with Crippen LogP contribution in [0.15, 0.2) is 42.5 Å². The molecule has 2 aromatic heterocycles. The molecule has 0 spiro atoms. The van der Waals surface area contributed by atoms with Crippen LogP contribution in [-0.4, -0.2) is 38.9 Å². The molecule has 178 valence electrons. The van der Waals surface area contributed by atoms with Crippen molar-refractivity contribution in [2.45, 2.75) is 25.8 Å². The van der Waals surface area contributed by atoms with Crippen molar-refractivity contribution in [3.63, 3.8) is 0 Å². The fourth-order valence-electron chi connectivity index (χ4n) is 5.18. The lowest BCUT2D eigenvalue weighted by Crippen LogP contribution is -2.23. The molecule has 2 aliphatic rings. The van der Waals surface area contributed by atoms with Crippen LogP contribution in [0.1, 0.15) is 41.2 Å². The monoisotopic (exact) mass is 476 g/mol. The number of nitrogens with zero attached hydrogens (tertiary/aromatic N) is 1. The predicted octanol–water partition coefficient (Wildman–Crippen LogP) is 4.92. The van der Waals surface area contributed by atoms with Crippen molar-refractivity contribution in [3.05, 3.63) is 70.7 Å². The van der Waals surface area contributed by atoms with E-state index < -0.39 is 18.4 Å². The zero-order valence-corrected chi connectivity index (χ0v) is 18.5. The van der Waals surface area contributed by atoms with Gasteiger partial charge in [-0.2, -0.15) is 0 Å². The summed E-state index contributed by atoms with van der Waals surface area (Å²) in [6, 6.07) is 13.0. The third-order valence-corrected chi connectivity index (χ3v) is 6.46. The van der Waals surface area contributed by atoms with Crippen LogP contribution in [0.25, 0.3) is 10.9 Å². The molecule has 2 aliphatic heterocycles. The van der Waals surface area contributed by atoms with Crippen molar-refractivity contribution in [2.75, 3.05) is 6.79 Å². The van der Waals surface area contributed by atoms with E-state index in [1.54, 1.807) is 0 Å². The number of ether oxygens (including phenoxy) is 4. The van der Waals surface area contributed by atoms with Gasteiger partial charge in [-0.25, -0.2) is 9.59 Å². The number of benzene rings is 2. The number of aromatic amines is 1. The second kappa shape index (κ2) is 7.73. The molecule has 2 aromatic carbocycles. The van der Waals surface area contributed by atoms with Gasteiger partial charge in [0.15, 0.2) is 23.0 Å². The minimum Gasteiger partial charge on any atom is -0.454 e. The summed E-state index contributed by atoms with van der Waals surface area (Å²) in [5.41, 5.74) is 4.68. The summed E-state index contributed by atoms with van der Waals surface area (Å²) < 4.78 is 23.2. The van der Waals surface area contributed by atoms with E-state index in [-0.39, 0.29) is 18.3 Å². The van der Waals surface area contributed by atoms with Crippen LogP contribution in [0.5, 0.6) is 23.0 Å². The van der Waals surface area contributed by atoms with E-state index in [0.29, 0.717) is 35.7 Å². The first-order valence-electron chi connectivity index (χ1n) is 11.0.